The first-order chi connectivity index (χ1) is 15.7. The van der Waals surface area contributed by atoms with Crippen LogP contribution in [0.4, 0.5) is 4.39 Å². The Morgan fingerprint density at radius 1 is 1.18 bits per heavy atom. The highest BCUT2D eigenvalue weighted by Gasteiger charge is 2.23. The summed E-state index contributed by atoms with van der Waals surface area (Å²) in [7, 11) is -3.36. The van der Waals surface area contributed by atoms with E-state index in [4.69, 9.17) is 9.15 Å². The van der Waals surface area contributed by atoms with Crippen LogP contribution in [0.5, 0.6) is 5.75 Å². The van der Waals surface area contributed by atoms with Gasteiger partial charge in [-0.1, -0.05) is 19.1 Å². The molecular formula is C24H26FNO6S. The molecule has 1 atom stereocenters. The number of sulfone groups is 1. The number of fused-ring (bicyclic) bond motifs is 1. The van der Waals surface area contributed by atoms with Crippen LogP contribution in [0.3, 0.4) is 0 Å². The summed E-state index contributed by atoms with van der Waals surface area (Å²) in [5.74, 6) is -0.964. The van der Waals surface area contributed by atoms with Crippen LogP contribution in [0, 0.1) is 11.7 Å². The van der Waals surface area contributed by atoms with Gasteiger partial charge in [0.25, 0.3) is 5.56 Å². The second-order valence-corrected chi connectivity index (χ2v) is 11.0. The van der Waals surface area contributed by atoms with E-state index in [0.717, 1.165) is 24.0 Å². The van der Waals surface area contributed by atoms with Crippen molar-refractivity contribution >= 4 is 20.8 Å². The minimum Gasteiger partial charge on any atom is -0.490 e. The van der Waals surface area contributed by atoms with Gasteiger partial charge in [0.15, 0.2) is 21.4 Å². The van der Waals surface area contributed by atoms with Gasteiger partial charge in [-0.15, -0.1) is 0 Å². The van der Waals surface area contributed by atoms with E-state index in [1.165, 1.54) is 12.1 Å². The molecule has 1 saturated carbocycles. The normalized spacial score (nSPS) is 15.0. The number of H-pyrrole nitrogens is 1. The summed E-state index contributed by atoms with van der Waals surface area (Å²) >= 11 is 0. The first-order valence-corrected chi connectivity index (χ1v) is 12.8. The molecule has 176 valence electrons. The predicted octanol–water partition coefficient (Wildman–Crippen LogP) is 3.56. The van der Waals surface area contributed by atoms with E-state index in [2.05, 4.69) is 4.98 Å². The SMILES string of the molecule is C[C@@H](CS(=O)(=O)CCCc1ccc2oc(=O)[nH]c(=O)c2c1)c1ccc(F)c(OCC2CC2)c1. The lowest BCUT2D eigenvalue weighted by Gasteiger charge is -2.15. The molecule has 0 bridgehead atoms. The van der Waals surface area contributed by atoms with Crippen molar-refractivity contribution in [3.05, 3.63) is 74.2 Å². The third-order valence-corrected chi connectivity index (χ3v) is 7.75. The Balaban J connectivity index is 1.35. The average molecular weight is 476 g/mol. The van der Waals surface area contributed by atoms with Gasteiger partial charge in [-0.05, 0) is 72.9 Å². The smallest absolute Gasteiger partial charge is 0.419 e. The van der Waals surface area contributed by atoms with Crippen LogP contribution in [0.1, 0.15) is 43.2 Å². The van der Waals surface area contributed by atoms with Gasteiger partial charge in [0, 0.05) is 0 Å². The van der Waals surface area contributed by atoms with Gasteiger partial charge < -0.3 is 9.15 Å². The summed E-state index contributed by atoms with van der Waals surface area (Å²) in [6, 6.07) is 9.38. The summed E-state index contributed by atoms with van der Waals surface area (Å²) in [6.45, 7) is 2.29. The van der Waals surface area contributed by atoms with Gasteiger partial charge in [-0.25, -0.2) is 17.6 Å². The van der Waals surface area contributed by atoms with Crippen molar-refractivity contribution in [2.75, 3.05) is 18.1 Å². The number of nitrogens with one attached hydrogen (secondary N) is 1. The lowest BCUT2D eigenvalue weighted by Crippen LogP contribution is -2.18. The number of benzene rings is 2. The highest BCUT2D eigenvalue weighted by Crippen LogP contribution is 2.31. The Hall–Kier alpha value is -2.94. The fourth-order valence-electron chi connectivity index (χ4n) is 3.77. The molecule has 0 amide bonds. The summed E-state index contributed by atoms with van der Waals surface area (Å²) in [6.07, 6.45) is 3.04. The molecule has 9 heteroatoms. The molecule has 1 heterocycles. The predicted molar refractivity (Wildman–Crippen MR) is 123 cm³/mol. The quantitative estimate of drug-likeness (QED) is 0.481. The first-order valence-electron chi connectivity index (χ1n) is 11.0. The maximum atomic E-state index is 14.0. The van der Waals surface area contributed by atoms with Gasteiger partial charge in [0.2, 0.25) is 0 Å². The zero-order valence-electron chi connectivity index (χ0n) is 18.3. The molecule has 0 aliphatic heterocycles. The minimum absolute atomic E-state index is 0.0121. The molecule has 2 aromatic carbocycles. The van der Waals surface area contributed by atoms with E-state index in [0.29, 0.717) is 25.4 Å². The number of halogens is 1. The molecule has 1 aliphatic rings. The van der Waals surface area contributed by atoms with Crippen molar-refractivity contribution in [2.45, 2.75) is 38.5 Å². The Kier molecular flexibility index (Phi) is 6.69. The number of ether oxygens (including phenoxy) is 1. The fraction of sp³-hybridized carbons (Fsp3) is 0.417. The van der Waals surface area contributed by atoms with Crippen molar-refractivity contribution in [3.63, 3.8) is 0 Å². The van der Waals surface area contributed by atoms with Gasteiger partial charge in [0.1, 0.15) is 5.58 Å². The van der Waals surface area contributed by atoms with E-state index in [1.807, 2.05) is 0 Å². The molecule has 0 unspecified atom stereocenters. The maximum Gasteiger partial charge on any atom is 0.419 e. The van der Waals surface area contributed by atoms with Crippen molar-refractivity contribution in [1.82, 2.24) is 4.98 Å². The van der Waals surface area contributed by atoms with Crippen molar-refractivity contribution < 1.29 is 22.0 Å². The lowest BCUT2D eigenvalue weighted by molar-refractivity contribution is 0.285. The Bertz CT molecular complexity index is 1370. The number of aromatic amines is 1. The Morgan fingerprint density at radius 3 is 2.73 bits per heavy atom. The van der Waals surface area contributed by atoms with E-state index in [1.54, 1.807) is 31.2 Å². The van der Waals surface area contributed by atoms with E-state index in [9.17, 15) is 22.4 Å². The van der Waals surface area contributed by atoms with E-state index < -0.39 is 27.0 Å². The molecule has 7 nitrogen and oxygen atoms in total. The van der Waals surface area contributed by atoms with Crippen LogP contribution in [0.2, 0.25) is 0 Å². The summed E-state index contributed by atoms with van der Waals surface area (Å²) < 4.78 is 49.9. The highest BCUT2D eigenvalue weighted by atomic mass is 32.2. The summed E-state index contributed by atoms with van der Waals surface area (Å²) in [5, 5.41) is 0.250. The Labute approximate surface area is 190 Å². The second-order valence-electron chi connectivity index (χ2n) is 8.74. The lowest BCUT2D eigenvalue weighted by atomic mass is 10.0. The van der Waals surface area contributed by atoms with Crippen LogP contribution in [-0.4, -0.2) is 31.5 Å². The number of hydrogen-bond donors (Lipinski definition) is 1. The molecule has 1 aromatic heterocycles. The molecule has 4 rings (SSSR count). The molecule has 33 heavy (non-hydrogen) atoms. The second kappa shape index (κ2) is 9.51. The maximum absolute atomic E-state index is 14.0. The highest BCUT2D eigenvalue weighted by molar-refractivity contribution is 7.91. The zero-order chi connectivity index (χ0) is 23.6. The first kappa shape index (κ1) is 23.2. The number of hydrogen-bond acceptors (Lipinski definition) is 6. The monoisotopic (exact) mass is 475 g/mol. The number of aryl methyl sites for hydroxylation is 1. The molecular weight excluding hydrogens is 449 g/mol. The third kappa shape index (κ3) is 6.10. The van der Waals surface area contributed by atoms with Crippen LogP contribution in [-0.2, 0) is 16.3 Å². The molecule has 0 radical (unpaired) electrons. The summed E-state index contributed by atoms with van der Waals surface area (Å²) in [4.78, 5) is 25.2. The molecule has 3 aromatic rings. The van der Waals surface area contributed by atoms with Crippen LogP contribution in [0.15, 0.2) is 50.4 Å². The van der Waals surface area contributed by atoms with Crippen LogP contribution < -0.4 is 16.1 Å². The number of aromatic nitrogens is 1. The molecule has 1 N–H and O–H groups in total. The van der Waals surface area contributed by atoms with Crippen molar-refractivity contribution in [1.29, 1.82) is 0 Å². The minimum atomic E-state index is -3.36. The molecule has 1 fully saturated rings. The third-order valence-electron chi connectivity index (χ3n) is 5.83. The molecule has 0 saturated heterocycles. The van der Waals surface area contributed by atoms with Crippen LogP contribution in [0.25, 0.3) is 11.0 Å². The Morgan fingerprint density at radius 2 is 1.97 bits per heavy atom. The largest absolute Gasteiger partial charge is 0.490 e. The van der Waals surface area contributed by atoms with E-state index in [-0.39, 0.29) is 34.1 Å². The van der Waals surface area contributed by atoms with Gasteiger partial charge in [-0.3, -0.25) is 9.78 Å². The number of rotatable bonds is 10. The average Bonchev–Trinajstić information content (AvgIpc) is 3.57. The zero-order valence-corrected chi connectivity index (χ0v) is 19.1. The van der Waals surface area contributed by atoms with Crippen molar-refractivity contribution in [3.8, 4) is 5.75 Å². The van der Waals surface area contributed by atoms with Crippen molar-refractivity contribution in [2.24, 2.45) is 5.92 Å². The van der Waals surface area contributed by atoms with Gasteiger partial charge in [-0.2, -0.15) is 0 Å². The molecule has 1 aliphatic carbocycles. The van der Waals surface area contributed by atoms with Crippen LogP contribution >= 0.6 is 0 Å². The standard InChI is InChI=1S/C24H26FNO6S/c1-15(18-7-8-20(25)22(12-18)31-13-17-4-5-17)14-33(29,30)10-2-3-16-6-9-21-19(11-16)23(27)26-24(28)32-21/h6-9,11-12,15,17H,2-5,10,13-14H2,1H3,(H,26,27,28)/t15-/m0/s1. The van der Waals surface area contributed by atoms with Gasteiger partial charge >= 0.3 is 5.76 Å². The van der Waals surface area contributed by atoms with Gasteiger partial charge in [0.05, 0.1) is 23.5 Å². The van der Waals surface area contributed by atoms with E-state index >= 15 is 0 Å². The topological polar surface area (TPSA) is 106 Å². The fourth-order valence-corrected chi connectivity index (χ4v) is 5.48. The summed E-state index contributed by atoms with van der Waals surface area (Å²) in [5.41, 5.74) is 1.15. The molecule has 0 spiro atoms.